The summed E-state index contributed by atoms with van der Waals surface area (Å²) >= 11 is 0.746. The molecule has 0 radical (unpaired) electrons. The Kier molecular flexibility index (Phi) is 5.63. The van der Waals surface area contributed by atoms with E-state index in [9.17, 15) is 28.0 Å². The van der Waals surface area contributed by atoms with Gasteiger partial charge in [-0.1, -0.05) is 24.3 Å². The fraction of sp³-hybridized carbons (Fsp3) is 0.0870. The number of aromatic nitrogens is 1. The molecule has 1 aliphatic heterocycles. The molecule has 0 atom stereocenters. The van der Waals surface area contributed by atoms with Crippen LogP contribution in [0.5, 0.6) is 0 Å². The number of nitrogens with zero attached hydrogens (tertiary/aromatic N) is 3. The second-order valence-corrected chi connectivity index (χ2v) is 7.88. The quantitative estimate of drug-likeness (QED) is 0.482. The first-order valence-corrected chi connectivity index (χ1v) is 10.2. The lowest BCUT2D eigenvalue weighted by molar-refractivity contribution is -0.137. The van der Waals surface area contributed by atoms with Gasteiger partial charge >= 0.3 is 6.18 Å². The van der Waals surface area contributed by atoms with E-state index in [2.05, 4.69) is 0 Å². The van der Waals surface area contributed by atoms with Crippen LogP contribution in [0.4, 0.5) is 18.0 Å². The Hall–Kier alpha value is -3.77. The maximum absolute atomic E-state index is 13.1. The van der Waals surface area contributed by atoms with Gasteiger partial charge in [-0.05, 0) is 59.8 Å². The minimum absolute atomic E-state index is 0.0413. The topological polar surface area (TPSA) is 66.1 Å². The number of carbonyl (C=O) groups excluding carboxylic acids is 2. The molecule has 2 amide bonds. The van der Waals surface area contributed by atoms with Crippen LogP contribution in [-0.2, 0) is 17.5 Å². The average molecular weight is 453 g/mol. The first-order chi connectivity index (χ1) is 15.3. The van der Waals surface area contributed by atoms with Crippen LogP contribution >= 0.6 is 11.8 Å². The highest BCUT2D eigenvalue weighted by molar-refractivity contribution is 8.18. The zero-order chi connectivity index (χ0) is 22.9. The first kappa shape index (κ1) is 21.5. The molecule has 0 saturated carbocycles. The van der Waals surface area contributed by atoms with Gasteiger partial charge in [0.1, 0.15) is 0 Å². The summed E-state index contributed by atoms with van der Waals surface area (Å²) in [5, 5.41) is 8.75. The minimum Gasteiger partial charge on any atom is -0.317 e. The number of rotatable bonds is 4. The van der Waals surface area contributed by atoms with E-state index in [4.69, 9.17) is 0 Å². The highest BCUT2D eigenvalue weighted by atomic mass is 32.2. The van der Waals surface area contributed by atoms with Crippen molar-refractivity contribution in [3.63, 3.8) is 0 Å². The zero-order valence-electron chi connectivity index (χ0n) is 16.3. The van der Waals surface area contributed by atoms with E-state index in [1.165, 1.54) is 22.8 Å². The number of halogens is 3. The highest BCUT2D eigenvalue weighted by Crippen LogP contribution is 2.35. The number of carbonyl (C=O) groups is 2. The molecule has 1 aliphatic rings. The van der Waals surface area contributed by atoms with Gasteiger partial charge in [-0.15, -0.1) is 0 Å². The third-order valence-electron chi connectivity index (χ3n) is 4.85. The molecule has 4 rings (SSSR count). The summed E-state index contributed by atoms with van der Waals surface area (Å²) in [6, 6.07) is 16.8. The molecular weight excluding hydrogens is 439 g/mol. The lowest BCUT2D eigenvalue weighted by Crippen LogP contribution is -2.27. The second-order valence-electron chi connectivity index (χ2n) is 6.89. The monoisotopic (exact) mass is 453 g/mol. The van der Waals surface area contributed by atoms with Crippen LogP contribution in [0.1, 0.15) is 22.4 Å². The fourth-order valence-electron chi connectivity index (χ4n) is 3.29. The van der Waals surface area contributed by atoms with Gasteiger partial charge < -0.3 is 4.57 Å². The van der Waals surface area contributed by atoms with Crippen LogP contribution < -0.4 is 0 Å². The molecule has 0 N–H and O–H groups in total. The van der Waals surface area contributed by atoms with Crippen molar-refractivity contribution in [1.82, 2.24) is 9.47 Å². The molecule has 0 spiro atoms. The zero-order valence-corrected chi connectivity index (χ0v) is 17.2. The Bertz CT molecular complexity index is 1290. The maximum Gasteiger partial charge on any atom is 0.416 e. The summed E-state index contributed by atoms with van der Waals surface area (Å²) in [6.45, 7) is -0.0413. The first-order valence-electron chi connectivity index (χ1n) is 9.36. The third kappa shape index (κ3) is 4.18. The van der Waals surface area contributed by atoms with E-state index >= 15 is 0 Å². The number of nitriles is 1. The molecule has 32 heavy (non-hydrogen) atoms. The summed E-state index contributed by atoms with van der Waals surface area (Å²) in [6.07, 6.45) is -1.43. The number of amides is 2. The van der Waals surface area contributed by atoms with Crippen LogP contribution in [0, 0.1) is 11.3 Å². The molecule has 1 aromatic heterocycles. The molecule has 9 heteroatoms. The minimum atomic E-state index is -4.48. The van der Waals surface area contributed by atoms with Gasteiger partial charge in [-0.25, -0.2) is 0 Å². The molecule has 3 aromatic rings. The van der Waals surface area contributed by atoms with Gasteiger partial charge in [0.05, 0.1) is 28.6 Å². The Labute approximate surface area is 185 Å². The predicted molar refractivity (Wildman–Crippen MR) is 113 cm³/mol. The number of imide groups is 1. The van der Waals surface area contributed by atoms with Gasteiger partial charge in [0, 0.05) is 17.6 Å². The molecule has 0 bridgehead atoms. The van der Waals surface area contributed by atoms with Crippen molar-refractivity contribution in [2.45, 2.75) is 12.7 Å². The average Bonchev–Trinajstić information content (AvgIpc) is 3.34. The molecule has 1 saturated heterocycles. The van der Waals surface area contributed by atoms with E-state index in [0.29, 0.717) is 16.8 Å². The lowest BCUT2D eigenvalue weighted by Gasteiger charge is -2.13. The summed E-state index contributed by atoms with van der Waals surface area (Å²) in [5.41, 5.74) is 0.858. The Morgan fingerprint density at radius 3 is 2.56 bits per heavy atom. The number of benzene rings is 2. The molecule has 0 aliphatic carbocycles. The predicted octanol–water partition coefficient (Wildman–Crippen LogP) is 5.60. The van der Waals surface area contributed by atoms with Gasteiger partial charge in [0.2, 0.25) is 0 Å². The number of thioether (sulfide) groups is 1. The normalized spacial score (nSPS) is 15.4. The molecule has 0 unspecified atom stereocenters. The molecule has 160 valence electrons. The highest BCUT2D eigenvalue weighted by Gasteiger charge is 2.35. The van der Waals surface area contributed by atoms with E-state index in [-0.39, 0.29) is 17.1 Å². The molecule has 2 heterocycles. The fourth-order valence-corrected chi connectivity index (χ4v) is 4.11. The Balaban J connectivity index is 1.63. The van der Waals surface area contributed by atoms with Crippen molar-refractivity contribution in [3.8, 4) is 11.8 Å². The summed E-state index contributed by atoms with van der Waals surface area (Å²) in [5.74, 6) is -0.524. The van der Waals surface area contributed by atoms with E-state index in [0.717, 1.165) is 28.8 Å². The second kappa shape index (κ2) is 8.40. The van der Waals surface area contributed by atoms with Crippen LogP contribution in [-0.4, -0.2) is 20.6 Å². The number of hydrogen-bond acceptors (Lipinski definition) is 4. The molecule has 2 aromatic carbocycles. The van der Waals surface area contributed by atoms with Crippen molar-refractivity contribution in [2.75, 3.05) is 0 Å². The standard InChI is InChI=1S/C23H14F3N3O2S/c24-23(25,26)17-7-3-8-18(11-17)28-10-4-9-19(28)12-20-21(30)29(22(31)32-20)14-16-6-2-1-5-15(16)13-27/h1-12H,14H2/b20-12+. The van der Waals surface area contributed by atoms with E-state index in [1.54, 1.807) is 42.6 Å². The maximum atomic E-state index is 13.1. The van der Waals surface area contributed by atoms with Gasteiger partial charge in [0.25, 0.3) is 11.1 Å². The van der Waals surface area contributed by atoms with Gasteiger partial charge in [-0.2, -0.15) is 18.4 Å². The SMILES string of the molecule is N#Cc1ccccc1CN1C(=O)S/C(=C/c2cccn2-c2cccc(C(F)(F)F)c2)C1=O. The van der Waals surface area contributed by atoms with Crippen molar-refractivity contribution in [1.29, 1.82) is 5.26 Å². The smallest absolute Gasteiger partial charge is 0.317 e. The van der Waals surface area contributed by atoms with Crippen molar-refractivity contribution < 1.29 is 22.8 Å². The molecule has 5 nitrogen and oxygen atoms in total. The summed E-state index contributed by atoms with van der Waals surface area (Å²) in [4.78, 5) is 26.5. The van der Waals surface area contributed by atoms with Crippen LogP contribution in [0.2, 0.25) is 0 Å². The van der Waals surface area contributed by atoms with E-state index < -0.39 is 22.9 Å². The molecule has 1 fully saturated rings. The summed E-state index contributed by atoms with van der Waals surface area (Å²) in [7, 11) is 0. The number of hydrogen-bond donors (Lipinski definition) is 0. The van der Waals surface area contributed by atoms with Gasteiger partial charge in [-0.3, -0.25) is 14.5 Å². The van der Waals surface area contributed by atoms with Crippen LogP contribution in [0.25, 0.3) is 11.8 Å². The van der Waals surface area contributed by atoms with Crippen LogP contribution in [0.3, 0.4) is 0 Å². The Morgan fingerprint density at radius 1 is 1.03 bits per heavy atom. The van der Waals surface area contributed by atoms with Crippen molar-refractivity contribution >= 4 is 29.0 Å². The summed E-state index contributed by atoms with van der Waals surface area (Å²) < 4.78 is 40.7. The van der Waals surface area contributed by atoms with Gasteiger partial charge in [0.15, 0.2) is 0 Å². The number of alkyl halides is 3. The third-order valence-corrected chi connectivity index (χ3v) is 5.76. The largest absolute Gasteiger partial charge is 0.416 e. The molecular formula is C23H14F3N3O2S. The van der Waals surface area contributed by atoms with Crippen molar-refractivity contribution in [3.05, 3.63) is 94.1 Å². The Morgan fingerprint density at radius 2 is 1.81 bits per heavy atom. The van der Waals surface area contributed by atoms with Crippen molar-refractivity contribution in [2.24, 2.45) is 0 Å². The van der Waals surface area contributed by atoms with Crippen LogP contribution in [0.15, 0.2) is 71.8 Å². The lowest BCUT2D eigenvalue weighted by atomic mass is 10.1. The van der Waals surface area contributed by atoms with E-state index in [1.807, 2.05) is 6.07 Å².